The van der Waals surface area contributed by atoms with E-state index in [4.69, 9.17) is 11.5 Å². The Morgan fingerprint density at radius 3 is 2.56 bits per heavy atom. The van der Waals surface area contributed by atoms with E-state index in [0.29, 0.717) is 11.3 Å². The Kier molecular flexibility index (Phi) is 5.37. The molecule has 0 aliphatic heterocycles. The lowest BCUT2D eigenvalue weighted by atomic mass is 10.2. The van der Waals surface area contributed by atoms with Crippen molar-refractivity contribution in [3.05, 3.63) is 36.2 Å². The van der Waals surface area contributed by atoms with Crippen molar-refractivity contribution in [2.45, 2.75) is 6.36 Å². The molecule has 0 bridgehead atoms. The molecule has 0 spiro atoms. The number of carbonyl (C=O) groups is 1. The van der Waals surface area contributed by atoms with Gasteiger partial charge in [0.1, 0.15) is 30.3 Å². The van der Waals surface area contributed by atoms with Gasteiger partial charge in [0, 0.05) is 11.9 Å². The van der Waals surface area contributed by atoms with Gasteiger partial charge in [-0.2, -0.15) is 0 Å². The number of benzene rings is 1. The molecule has 1 amide bonds. The van der Waals surface area contributed by atoms with Gasteiger partial charge in [0.05, 0.1) is 5.56 Å². The van der Waals surface area contributed by atoms with E-state index in [2.05, 4.69) is 25.0 Å². The third kappa shape index (κ3) is 5.64. The molecule has 1 heterocycles. The highest BCUT2D eigenvalue weighted by atomic mass is 19.4. The molecule has 2 aromatic rings. The van der Waals surface area contributed by atoms with Crippen LogP contribution in [-0.2, 0) is 4.79 Å². The average molecular weight is 354 g/mol. The van der Waals surface area contributed by atoms with Gasteiger partial charge in [0.25, 0.3) is 0 Å². The fourth-order valence-corrected chi connectivity index (χ4v) is 1.74. The van der Waals surface area contributed by atoms with E-state index in [1.165, 1.54) is 24.7 Å². The van der Waals surface area contributed by atoms with E-state index in [-0.39, 0.29) is 23.9 Å². The number of nitrogens with zero attached hydrogens (tertiary/aromatic N) is 3. The molecule has 132 valence electrons. The Morgan fingerprint density at radius 2 is 1.96 bits per heavy atom. The molecule has 11 heteroatoms. The first kappa shape index (κ1) is 18.0. The van der Waals surface area contributed by atoms with E-state index in [9.17, 15) is 18.0 Å². The Bertz CT molecular complexity index is 777. The summed E-state index contributed by atoms with van der Waals surface area (Å²) in [5.41, 5.74) is 11.5. The number of halogens is 3. The predicted octanol–water partition coefficient (Wildman–Crippen LogP) is 1.61. The standard InChI is InChI=1S/C14H13F3N6O2/c15-14(16,17)25-9-3-1-8(2-4-9)23-13-10(5-20-6-11(18)24)12(19)21-7-22-13/h1-5,7H,6H2,(H2,18,24)(H3,19,21,22,23). The van der Waals surface area contributed by atoms with E-state index in [0.717, 1.165) is 12.1 Å². The highest BCUT2D eigenvalue weighted by molar-refractivity contribution is 5.93. The van der Waals surface area contributed by atoms with Crippen LogP contribution in [0.5, 0.6) is 5.75 Å². The summed E-state index contributed by atoms with van der Waals surface area (Å²) in [5.74, 6) is -0.627. The van der Waals surface area contributed by atoms with Crippen LogP contribution < -0.4 is 21.5 Å². The zero-order chi connectivity index (χ0) is 18.4. The average Bonchev–Trinajstić information content (AvgIpc) is 2.50. The number of aliphatic imine (C=N–C) groups is 1. The summed E-state index contributed by atoms with van der Waals surface area (Å²) >= 11 is 0. The van der Waals surface area contributed by atoms with Crippen LogP contribution in [0.4, 0.5) is 30.5 Å². The summed E-state index contributed by atoms with van der Waals surface area (Å²) in [4.78, 5) is 22.3. The van der Waals surface area contributed by atoms with Gasteiger partial charge in [-0.3, -0.25) is 9.79 Å². The molecule has 0 unspecified atom stereocenters. The smallest absolute Gasteiger partial charge is 0.406 e. The molecule has 2 rings (SSSR count). The van der Waals surface area contributed by atoms with Crippen LogP contribution >= 0.6 is 0 Å². The minimum Gasteiger partial charge on any atom is -0.406 e. The molecule has 1 aromatic heterocycles. The first-order valence-corrected chi connectivity index (χ1v) is 6.76. The van der Waals surface area contributed by atoms with Crippen molar-refractivity contribution in [3.63, 3.8) is 0 Å². The van der Waals surface area contributed by atoms with Crippen LogP contribution in [0, 0.1) is 0 Å². The summed E-state index contributed by atoms with van der Waals surface area (Å²) in [6.45, 7) is -0.239. The van der Waals surface area contributed by atoms with Crippen LogP contribution in [-0.4, -0.2) is 35.0 Å². The number of anilines is 3. The van der Waals surface area contributed by atoms with E-state index < -0.39 is 12.3 Å². The van der Waals surface area contributed by atoms with Gasteiger partial charge < -0.3 is 21.5 Å². The van der Waals surface area contributed by atoms with Gasteiger partial charge in [-0.1, -0.05) is 0 Å². The van der Waals surface area contributed by atoms with Gasteiger partial charge in [-0.05, 0) is 24.3 Å². The molecule has 0 fully saturated rings. The number of rotatable bonds is 6. The highest BCUT2D eigenvalue weighted by Crippen LogP contribution is 2.26. The minimum absolute atomic E-state index is 0.0998. The maximum atomic E-state index is 12.1. The number of nitrogens with two attached hydrogens (primary N) is 2. The minimum atomic E-state index is -4.76. The van der Waals surface area contributed by atoms with Crippen molar-refractivity contribution in [2.75, 3.05) is 17.6 Å². The number of nitrogens with one attached hydrogen (secondary N) is 1. The Hall–Kier alpha value is -3.37. The van der Waals surface area contributed by atoms with Crippen molar-refractivity contribution < 1.29 is 22.7 Å². The molecule has 25 heavy (non-hydrogen) atoms. The van der Waals surface area contributed by atoms with Gasteiger partial charge in [-0.15, -0.1) is 13.2 Å². The molecule has 0 saturated heterocycles. The number of alkyl halides is 3. The summed E-state index contributed by atoms with van der Waals surface area (Å²) in [6, 6.07) is 5.01. The van der Waals surface area contributed by atoms with Crippen LogP contribution in [0.3, 0.4) is 0 Å². The summed E-state index contributed by atoms with van der Waals surface area (Å²) in [6.07, 6.45) is -2.28. The van der Waals surface area contributed by atoms with Crippen molar-refractivity contribution >= 4 is 29.4 Å². The number of primary amides is 1. The first-order valence-electron chi connectivity index (χ1n) is 6.76. The fourth-order valence-electron chi connectivity index (χ4n) is 1.74. The van der Waals surface area contributed by atoms with Crippen LogP contribution in [0.2, 0.25) is 0 Å². The second-order valence-electron chi connectivity index (χ2n) is 4.65. The number of nitrogen functional groups attached to an aromatic ring is 1. The Morgan fingerprint density at radius 1 is 1.28 bits per heavy atom. The molecule has 0 saturated carbocycles. The van der Waals surface area contributed by atoms with Gasteiger partial charge in [0.2, 0.25) is 5.91 Å². The van der Waals surface area contributed by atoms with Crippen LogP contribution in [0.25, 0.3) is 0 Å². The summed E-state index contributed by atoms with van der Waals surface area (Å²) in [5, 5.41) is 2.87. The number of amides is 1. The molecular weight excluding hydrogens is 341 g/mol. The quantitative estimate of drug-likeness (QED) is 0.676. The number of hydrogen-bond donors (Lipinski definition) is 3. The molecule has 0 aliphatic carbocycles. The van der Waals surface area contributed by atoms with Crippen LogP contribution in [0.15, 0.2) is 35.6 Å². The van der Waals surface area contributed by atoms with E-state index in [1.54, 1.807) is 0 Å². The molecule has 0 radical (unpaired) electrons. The molecule has 5 N–H and O–H groups in total. The van der Waals surface area contributed by atoms with E-state index >= 15 is 0 Å². The van der Waals surface area contributed by atoms with Gasteiger partial charge in [0.15, 0.2) is 0 Å². The zero-order valence-electron chi connectivity index (χ0n) is 12.6. The Balaban J connectivity index is 2.18. The first-order chi connectivity index (χ1) is 11.7. The van der Waals surface area contributed by atoms with Crippen LogP contribution in [0.1, 0.15) is 5.56 Å². The normalized spacial score (nSPS) is 11.5. The lowest BCUT2D eigenvalue weighted by Crippen LogP contribution is -2.17. The number of ether oxygens (including phenoxy) is 1. The number of carbonyl (C=O) groups excluding carboxylic acids is 1. The number of hydrogen-bond acceptors (Lipinski definition) is 7. The number of aromatic nitrogens is 2. The topological polar surface area (TPSA) is 129 Å². The monoisotopic (exact) mass is 354 g/mol. The van der Waals surface area contributed by atoms with Crippen molar-refractivity contribution in [1.29, 1.82) is 0 Å². The largest absolute Gasteiger partial charge is 0.573 e. The Labute approximate surface area is 139 Å². The summed E-state index contributed by atoms with van der Waals surface area (Å²) < 4.78 is 40.2. The van der Waals surface area contributed by atoms with Gasteiger partial charge in [-0.25, -0.2) is 9.97 Å². The zero-order valence-corrected chi connectivity index (χ0v) is 12.6. The second kappa shape index (κ2) is 7.47. The molecule has 8 nitrogen and oxygen atoms in total. The lowest BCUT2D eigenvalue weighted by molar-refractivity contribution is -0.274. The molecule has 0 aliphatic rings. The predicted molar refractivity (Wildman–Crippen MR) is 84.5 cm³/mol. The summed E-state index contributed by atoms with van der Waals surface area (Å²) in [7, 11) is 0. The SMILES string of the molecule is NC(=O)CN=Cc1c(N)ncnc1Nc1ccc(OC(F)(F)F)cc1. The van der Waals surface area contributed by atoms with Crippen molar-refractivity contribution in [1.82, 2.24) is 9.97 Å². The van der Waals surface area contributed by atoms with Crippen molar-refractivity contribution in [2.24, 2.45) is 10.7 Å². The third-order valence-electron chi connectivity index (χ3n) is 2.73. The molecule has 1 aromatic carbocycles. The second-order valence-corrected chi connectivity index (χ2v) is 4.65. The lowest BCUT2D eigenvalue weighted by Gasteiger charge is -2.11. The van der Waals surface area contributed by atoms with Crippen molar-refractivity contribution in [3.8, 4) is 5.75 Å². The molecular formula is C14H13F3N6O2. The maximum Gasteiger partial charge on any atom is 0.573 e. The van der Waals surface area contributed by atoms with E-state index in [1.807, 2.05) is 0 Å². The fraction of sp³-hybridized carbons (Fsp3) is 0.143. The third-order valence-corrected chi connectivity index (χ3v) is 2.73. The highest BCUT2D eigenvalue weighted by Gasteiger charge is 2.30. The van der Waals surface area contributed by atoms with Gasteiger partial charge >= 0.3 is 6.36 Å². The molecule has 0 atom stereocenters. The maximum absolute atomic E-state index is 12.1.